The number of carboxylic acid groups (broad SMARTS) is 1. The molecule has 6 N–H and O–H groups in total. The van der Waals surface area contributed by atoms with Crippen molar-refractivity contribution in [2.75, 3.05) is 13.2 Å². The van der Waals surface area contributed by atoms with Crippen molar-refractivity contribution < 1.29 is 43.8 Å². The summed E-state index contributed by atoms with van der Waals surface area (Å²) in [6.07, 6.45) is 1.81. The molecule has 2 aromatic rings. The molecule has 0 spiro atoms. The van der Waals surface area contributed by atoms with E-state index in [1.807, 2.05) is 13.0 Å². The minimum atomic E-state index is -1.27. The van der Waals surface area contributed by atoms with Gasteiger partial charge in [0.15, 0.2) is 6.61 Å². The van der Waals surface area contributed by atoms with Crippen molar-refractivity contribution in [3.63, 3.8) is 0 Å². The standard InChI is InChI=1S/C31H42N4O9/c1-5-6-10-15-32-28(39)23(18-21-13-14-25(43-19-26(36)37)22(16-21)27(38)35-42)33-29(40)24(17-20-11-8-7-9-12-20)34-30(41)44-31(2,3)4/h7-9,11-14,16,23-24,42H,5-6,10,15,17-19H2,1-4H3,(H,32,39)(H,33,40)(H,34,41)(H,35,38)(H,36,37)/t23-,24-/m0/s1. The van der Waals surface area contributed by atoms with Gasteiger partial charge >= 0.3 is 12.1 Å². The zero-order chi connectivity index (χ0) is 32.7. The Morgan fingerprint density at radius 2 is 1.52 bits per heavy atom. The summed E-state index contributed by atoms with van der Waals surface area (Å²) in [5.74, 6) is -3.44. The van der Waals surface area contributed by atoms with Crippen LogP contribution >= 0.6 is 0 Å². The van der Waals surface area contributed by atoms with E-state index in [0.29, 0.717) is 12.1 Å². The topological polar surface area (TPSA) is 192 Å². The Kier molecular flexibility index (Phi) is 14.1. The first-order chi connectivity index (χ1) is 20.8. The number of aliphatic carboxylic acids is 1. The van der Waals surface area contributed by atoms with Crippen LogP contribution in [0.2, 0.25) is 0 Å². The first-order valence-electron chi connectivity index (χ1n) is 14.4. The van der Waals surface area contributed by atoms with Gasteiger partial charge in [-0.2, -0.15) is 0 Å². The average Bonchev–Trinajstić information content (AvgIpc) is 2.96. The van der Waals surface area contributed by atoms with Crippen LogP contribution < -0.4 is 26.2 Å². The molecule has 2 rings (SSSR count). The molecular weight excluding hydrogens is 572 g/mol. The van der Waals surface area contributed by atoms with E-state index < -0.39 is 54.1 Å². The fourth-order valence-corrected chi connectivity index (χ4v) is 4.14. The number of hydroxylamine groups is 1. The number of carboxylic acids is 1. The highest BCUT2D eigenvalue weighted by Crippen LogP contribution is 2.21. The number of hydrogen-bond donors (Lipinski definition) is 6. The van der Waals surface area contributed by atoms with Gasteiger partial charge in [-0.3, -0.25) is 19.6 Å². The summed E-state index contributed by atoms with van der Waals surface area (Å²) in [6, 6.07) is 11.0. The predicted molar refractivity (Wildman–Crippen MR) is 160 cm³/mol. The lowest BCUT2D eigenvalue weighted by Gasteiger charge is -2.25. The Bertz CT molecular complexity index is 1280. The van der Waals surface area contributed by atoms with Gasteiger partial charge in [0.05, 0.1) is 5.56 Å². The maximum absolute atomic E-state index is 13.6. The largest absolute Gasteiger partial charge is 0.481 e. The predicted octanol–water partition coefficient (Wildman–Crippen LogP) is 2.74. The van der Waals surface area contributed by atoms with Gasteiger partial charge in [0.1, 0.15) is 23.4 Å². The van der Waals surface area contributed by atoms with Crippen molar-refractivity contribution in [1.82, 2.24) is 21.4 Å². The highest BCUT2D eigenvalue weighted by atomic mass is 16.6. The molecule has 0 aliphatic heterocycles. The van der Waals surface area contributed by atoms with E-state index in [-0.39, 0.29) is 24.2 Å². The van der Waals surface area contributed by atoms with Crippen LogP contribution in [-0.4, -0.2) is 70.9 Å². The maximum atomic E-state index is 13.6. The van der Waals surface area contributed by atoms with Crippen molar-refractivity contribution in [3.05, 3.63) is 65.2 Å². The number of ether oxygens (including phenoxy) is 2. The fraction of sp³-hybridized carbons (Fsp3) is 0.452. The number of carbonyl (C=O) groups excluding carboxylic acids is 4. The Morgan fingerprint density at radius 3 is 2.14 bits per heavy atom. The second kappa shape index (κ2) is 17.5. The lowest BCUT2D eigenvalue weighted by Crippen LogP contribution is -2.55. The molecule has 240 valence electrons. The number of rotatable bonds is 16. The van der Waals surface area contributed by atoms with Gasteiger partial charge in [0.25, 0.3) is 5.91 Å². The average molecular weight is 615 g/mol. The number of nitrogens with one attached hydrogen (secondary N) is 4. The Hall–Kier alpha value is -4.65. The molecule has 44 heavy (non-hydrogen) atoms. The highest BCUT2D eigenvalue weighted by Gasteiger charge is 2.29. The van der Waals surface area contributed by atoms with Crippen LogP contribution in [0, 0.1) is 0 Å². The Morgan fingerprint density at radius 1 is 0.864 bits per heavy atom. The van der Waals surface area contributed by atoms with E-state index in [0.717, 1.165) is 24.8 Å². The third kappa shape index (κ3) is 12.7. The van der Waals surface area contributed by atoms with Gasteiger partial charge in [-0.15, -0.1) is 0 Å². The minimum absolute atomic E-state index is 0.0826. The summed E-state index contributed by atoms with van der Waals surface area (Å²) in [7, 11) is 0. The van der Waals surface area contributed by atoms with Crippen LogP contribution in [0.15, 0.2) is 48.5 Å². The van der Waals surface area contributed by atoms with Crippen molar-refractivity contribution >= 4 is 29.8 Å². The van der Waals surface area contributed by atoms with Crippen molar-refractivity contribution in [3.8, 4) is 5.75 Å². The van der Waals surface area contributed by atoms with E-state index in [1.165, 1.54) is 23.7 Å². The summed E-state index contributed by atoms with van der Waals surface area (Å²) >= 11 is 0. The van der Waals surface area contributed by atoms with Crippen molar-refractivity contribution in [2.24, 2.45) is 0 Å². The smallest absolute Gasteiger partial charge is 0.408 e. The summed E-state index contributed by atoms with van der Waals surface area (Å²) in [6.45, 7) is 6.77. The molecule has 4 amide bonds. The molecule has 0 unspecified atom stereocenters. The third-order valence-electron chi connectivity index (χ3n) is 6.18. The number of amides is 4. The molecule has 0 fully saturated rings. The summed E-state index contributed by atoms with van der Waals surface area (Å²) in [4.78, 5) is 62.8. The van der Waals surface area contributed by atoms with Gasteiger partial charge < -0.3 is 30.5 Å². The zero-order valence-electron chi connectivity index (χ0n) is 25.5. The monoisotopic (exact) mass is 614 g/mol. The molecule has 2 atom stereocenters. The van der Waals surface area contributed by atoms with Crippen LogP contribution in [0.3, 0.4) is 0 Å². The number of unbranched alkanes of at least 4 members (excludes halogenated alkanes) is 2. The van der Waals surface area contributed by atoms with Crippen LogP contribution in [-0.2, 0) is 32.0 Å². The van der Waals surface area contributed by atoms with Crippen LogP contribution in [0.4, 0.5) is 4.79 Å². The molecule has 0 saturated carbocycles. The van der Waals surface area contributed by atoms with E-state index >= 15 is 0 Å². The van der Waals surface area contributed by atoms with E-state index in [4.69, 9.17) is 14.6 Å². The number of carbonyl (C=O) groups is 5. The molecule has 2 aromatic carbocycles. The second-order valence-electron chi connectivity index (χ2n) is 11.1. The maximum Gasteiger partial charge on any atom is 0.408 e. The minimum Gasteiger partial charge on any atom is -0.481 e. The zero-order valence-corrected chi connectivity index (χ0v) is 25.5. The Balaban J connectivity index is 2.37. The lowest BCUT2D eigenvalue weighted by molar-refractivity contribution is -0.139. The van der Waals surface area contributed by atoms with Crippen molar-refractivity contribution in [1.29, 1.82) is 0 Å². The summed E-state index contributed by atoms with van der Waals surface area (Å²) in [5.41, 5.74) is 1.68. The number of alkyl carbamates (subject to hydrolysis) is 1. The highest BCUT2D eigenvalue weighted by molar-refractivity contribution is 5.96. The SMILES string of the molecule is CCCCCNC(=O)[C@H](Cc1ccc(OCC(=O)O)c(C(=O)NO)c1)NC(=O)[C@H](Cc1ccccc1)NC(=O)OC(C)(C)C. The first kappa shape index (κ1) is 35.5. The molecule has 13 nitrogen and oxygen atoms in total. The summed E-state index contributed by atoms with van der Waals surface area (Å²) < 4.78 is 10.5. The van der Waals surface area contributed by atoms with Crippen LogP contribution in [0.25, 0.3) is 0 Å². The molecule has 0 saturated heterocycles. The second-order valence-corrected chi connectivity index (χ2v) is 11.1. The van der Waals surface area contributed by atoms with E-state index in [9.17, 15) is 29.2 Å². The molecule has 0 heterocycles. The van der Waals surface area contributed by atoms with Gasteiger partial charge in [-0.25, -0.2) is 15.1 Å². The number of hydrogen-bond acceptors (Lipinski definition) is 8. The van der Waals surface area contributed by atoms with Gasteiger partial charge in [0, 0.05) is 19.4 Å². The molecule has 0 aromatic heterocycles. The van der Waals surface area contributed by atoms with Gasteiger partial charge in [-0.05, 0) is 50.5 Å². The molecule has 0 aliphatic rings. The van der Waals surface area contributed by atoms with Crippen LogP contribution in [0.5, 0.6) is 5.75 Å². The fourth-order valence-electron chi connectivity index (χ4n) is 4.14. The van der Waals surface area contributed by atoms with E-state index in [1.54, 1.807) is 45.0 Å². The van der Waals surface area contributed by atoms with Crippen LogP contribution in [0.1, 0.15) is 68.4 Å². The lowest BCUT2D eigenvalue weighted by atomic mass is 10.0. The normalized spacial score (nSPS) is 12.3. The third-order valence-corrected chi connectivity index (χ3v) is 6.18. The molecule has 0 bridgehead atoms. The quantitative estimate of drug-likeness (QED) is 0.0937. The molecular formula is C31H42N4O9. The first-order valence-corrected chi connectivity index (χ1v) is 14.4. The Labute approximate surface area is 256 Å². The molecule has 13 heteroatoms. The van der Waals surface area contributed by atoms with Crippen molar-refractivity contribution in [2.45, 2.75) is 77.5 Å². The van der Waals surface area contributed by atoms with Gasteiger partial charge in [-0.1, -0.05) is 56.2 Å². The molecule has 0 radical (unpaired) electrons. The van der Waals surface area contributed by atoms with Gasteiger partial charge in [0.2, 0.25) is 11.8 Å². The molecule has 0 aliphatic carbocycles. The number of benzene rings is 2. The summed E-state index contributed by atoms with van der Waals surface area (Å²) in [5, 5.41) is 26.3. The van der Waals surface area contributed by atoms with E-state index in [2.05, 4.69) is 16.0 Å².